The summed E-state index contributed by atoms with van der Waals surface area (Å²) in [6.45, 7) is 3.37. The van der Waals surface area contributed by atoms with Crippen LogP contribution in [-0.2, 0) is 0 Å². The molecule has 1 heterocycles. The number of aryl methyl sites for hydroxylation is 1. The van der Waals surface area contributed by atoms with Gasteiger partial charge in [0.05, 0.1) is 0 Å². The highest BCUT2D eigenvalue weighted by Crippen LogP contribution is 2.21. The fourth-order valence-corrected chi connectivity index (χ4v) is 2.67. The number of likely N-dealkylation sites (tertiary alicyclic amines) is 1. The van der Waals surface area contributed by atoms with Crippen LogP contribution in [0.25, 0.3) is 0 Å². The fourth-order valence-electron chi connectivity index (χ4n) is 2.14. The molecule has 1 aromatic carbocycles. The van der Waals surface area contributed by atoms with E-state index in [1.165, 1.54) is 12.1 Å². The Balaban J connectivity index is 2.17. The van der Waals surface area contributed by atoms with E-state index in [2.05, 4.69) is 15.9 Å². The van der Waals surface area contributed by atoms with E-state index >= 15 is 0 Å². The lowest BCUT2D eigenvalue weighted by Crippen LogP contribution is -2.29. The number of hydrogen-bond donors (Lipinski definition) is 0. The number of carbonyl (C=O) groups is 1. The number of amides is 1. The Labute approximate surface area is 109 Å². The normalized spacial score (nSPS) is 19.7. The molecule has 1 saturated heterocycles. The molecule has 2 rings (SSSR count). The van der Waals surface area contributed by atoms with Gasteiger partial charge < -0.3 is 4.90 Å². The van der Waals surface area contributed by atoms with E-state index in [1.807, 2.05) is 11.8 Å². The topological polar surface area (TPSA) is 20.3 Å². The second-order valence-corrected chi connectivity index (χ2v) is 5.17. The molecule has 0 spiro atoms. The summed E-state index contributed by atoms with van der Waals surface area (Å²) >= 11 is 3.44. The van der Waals surface area contributed by atoms with Crippen molar-refractivity contribution in [2.45, 2.75) is 13.3 Å². The highest BCUT2D eigenvalue weighted by atomic mass is 79.9. The van der Waals surface area contributed by atoms with Crippen molar-refractivity contribution in [1.82, 2.24) is 4.90 Å². The van der Waals surface area contributed by atoms with Crippen LogP contribution in [0.5, 0.6) is 0 Å². The van der Waals surface area contributed by atoms with Crippen LogP contribution < -0.4 is 0 Å². The van der Waals surface area contributed by atoms with E-state index in [-0.39, 0.29) is 11.7 Å². The van der Waals surface area contributed by atoms with Gasteiger partial charge in [-0.15, -0.1) is 0 Å². The summed E-state index contributed by atoms with van der Waals surface area (Å²) in [6.07, 6.45) is 1.02. The van der Waals surface area contributed by atoms with Gasteiger partial charge in [0, 0.05) is 24.0 Å². The number of benzene rings is 1. The number of alkyl halides is 1. The van der Waals surface area contributed by atoms with Crippen molar-refractivity contribution in [3.05, 3.63) is 35.1 Å². The maximum atomic E-state index is 13.2. The Morgan fingerprint density at radius 2 is 2.35 bits per heavy atom. The average Bonchev–Trinajstić information content (AvgIpc) is 2.80. The van der Waals surface area contributed by atoms with E-state index in [4.69, 9.17) is 0 Å². The van der Waals surface area contributed by atoms with Gasteiger partial charge in [0.25, 0.3) is 5.91 Å². The summed E-state index contributed by atoms with van der Waals surface area (Å²) in [7, 11) is 0. The summed E-state index contributed by atoms with van der Waals surface area (Å²) in [4.78, 5) is 14.0. The lowest BCUT2D eigenvalue weighted by molar-refractivity contribution is 0.0787. The Morgan fingerprint density at radius 1 is 1.59 bits per heavy atom. The first kappa shape index (κ1) is 12.6. The molecule has 92 valence electrons. The Hall–Kier alpha value is -0.900. The molecule has 1 aromatic rings. The van der Waals surface area contributed by atoms with Crippen molar-refractivity contribution < 1.29 is 9.18 Å². The third-order valence-electron chi connectivity index (χ3n) is 3.22. The van der Waals surface area contributed by atoms with Gasteiger partial charge in [0.2, 0.25) is 0 Å². The number of nitrogens with zero attached hydrogens (tertiary/aromatic N) is 1. The van der Waals surface area contributed by atoms with Crippen molar-refractivity contribution in [2.24, 2.45) is 5.92 Å². The Bertz CT molecular complexity index is 435. The molecule has 1 fully saturated rings. The van der Waals surface area contributed by atoms with Gasteiger partial charge in [-0.2, -0.15) is 0 Å². The third-order valence-corrected chi connectivity index (χ3v) is 4.14. The first-order valence-electron chi connectivity index (χ1n) is 5.73. The Kier molecular flexibility index (Phi) is 3.82. The minimum absolute atomic E-state index is 0.0505. The summed E-state index contributed by atoms with van der Waals surface area (Å²) in [6, 6.07) is 4.37. The molecule has 0 aliphatic carbocycles. The SMILES string of the molecule is Cc1ccc(F)cc1C(=O)N1CCC(CBr)C1. The van der Waals surface area contributed by atoms with Gasteiger partial charge in [-0.3, -0.25) is 4.79 Å². The van der Waals surface area contributed by atoms with Crippen molar-refractivity contribution in [2.75, 3.05) is 18.4 Å². The molecule has 1 atom stereocenters. The lowest BCUT2D eigenvalue weighted by Gasteiger charge is -2.17. The van der Waals surface area contributed by atoms with Gasteiger partial charge >= 0.3 is 0 Å². The van der Waals surface area contributed by atoms with E-state index in [0.29, 0.717) is 11.5 Å². The van der Waals surface area contributed by atoms with Gasteiger partial charge in [-0.25, -0.2) is 4.39 Å². The largest absolute Gasteiger partial charge is 0.338 e. The van der Waals surface area contributed by atoms with Crippen LogP contribution in [0, 0.1) is 18.7 Å². The fraction of sp³-hybridized carbons (Fsp3) is 0.462. The third kappa shape index (κ3) is 2.68. The lowest BCUT2D eigenvalue weighted by atomic mass is 10.1. The summed E-state index contributed by atoms with van der Waals surface area (Å²) < 4.78 is 13.2. The van der Waals surface area contributed by atoms with Gasteiger partial charge in [0.1, 0.15) is 5.82 Å². The zero-order chi connectivity index (χ0) is 12.4. The molecule has 4 heteroatoms. The zero-order valence-corrected chi connectivity index (χ0v) is 11.3. The summed E-state index contributed by atoms with van der Waals surface area (Å²) in [5.41, 5.74) is 1.32. The number of halogens is 2. The minimum Gasteiger partial charge on any atom is -0.338 e. The molecule has 1 unspecified atom stereocenters. The maximum absolute atomic E-state index is 13.2. The standard InChI is InChI=1S/C13H15BrFNO/c1-9-2-3-11(15)6-12(9)13(17)16-5-4-10(7-14)8-16/h2-3,6,10H,4-5,7-8H2,1H3. The molecular formula is C13H15BrFNO. The van der Waals surface area contributed by atoms with Crippen LogP contribution in [0.1, 0.15) is 22.3 Å². The maximum Gasteiger partial charge on any atom is 0.254 e. The van der Waals surface area contributed by atoms with Crippen molar-refractivity contribution in [3.8, 4) is 0 Å². The first-order valence-corrected chi connectivity index (χ1v) is 6.85. The van der Waals surface area contributed by atoms with Crippen LogP contribution in [0.3, 0.4) is 0 Å². The molecule has 1 amide bonds. The molecular weight excluding hydrogens is 285 g/mol. The van der Waals surface area contributed by atoms with Crippen LogP contribution in [0.4, 0.5) is 4.39 Å². The van der Waals surface area contributed by atoms with Gasteiger partial charge in [-0.05, 0) is 37.0 Å². The molecule has 1 aliphatic rings. The number of rotatable bonds is 2. The van der Waals surface area contributed by atoms with E-state index in [9.17, 15) is 9.18 Å². The zero-order valence-electron chi connectivity index (χ0n) is 9.75. The second-order valence-electron chi connectivity index (χ2n) is 4.52. The van der Waals surface area contributed by atoms with Crippen molar-refractivity contribution in [3.63, 3.8) is 0 Å². The highest BCUT2D eigenvalue weighted by Gasteiger charge is 2.27. The molecule has 0 bridgehead atoms. The van der Waals surface area contributed by atoms with Crippen LogP contribution in [-0.4, -0.2) is 29.2 Å². The van der Waals surface area contributed by atoms with E-state index < -0.39 is 0 Å². The Morgan fingerprint density at radius 3 is 3.00 bits per heavy atom. The predicted octanol–water partition coefficient (Wildman–Crippen LogP) is 2.99. The quantitative estimate of drug-likeness (QED) is 0.769. The second kappa shape index (κ2) is 5.17. The summed E-state index contributed by atoms with van der Waals surface area (Å²) in [5.74, 6) is 0.119. The molecule has 0 N–H and O–H groups in total. The molecule has 17 heavy (non-hydrogen) atoms. The number of carbonyl (C=O) groups excluding carboxylic acids is 1. The van der Waals surface area contributed by atoms with Gasteiger partial charge in [0.15, 0.2) is 0 Å². The predicted molar refractivity (Wildman–Crippen MR) is 68.9 cm³/mol. The molecule has 1 aliphatic heterocycles. The van der Waals surface area contributed by atoms with Crippen molar-refractivity contribution >= 4 is 21.8 Å². The first-order chi connectivity index (χ1) is 8.11. The number of hydrogen-bond acceptors (Lipinski definition) is 1. The van der Waals surface area contributed by atoms with Crippen LogP contribution in [0.2, 0.25) is 0 Å². The monoisotopic (exact) mass is 299 g/mol. The van der Waals surface area contributed by atoms with Crippen molar-refractivity contribution in [1.29, 1.82) is 0 Å². The van der Waals surface area contributed by atoms with E-state index in [1.54, 1.807) is 6.07 Å². The van der Waals surface area contributed by atoms with Gasteiger partial charge in [-0.1, -0.05) is 22.0 Å². The molecule has 0 aromatic heterocycles. The highest BCUT2D eigenvalue weighted by molar-refractivity contribution is 9.09. The molecule has 0 radical (unpaired) electrons. The van der Waals surface area contributed by atoms with Crippen LogP contribution >= 0.6 is 15.9 Å². The molecule has 0 saturated carbocycles. The molecule has 2 nitrogen and oxygen atoms in total. The van der Waals surface area contributed by atoms with E-state index in [0.717, 1.165) is 30.4 Å². The summed E-state index contributed by atoms with van der Waals surface area (Å²) in [5, 5.41) is 0.916. The average molecular weight is 300 g/mol. The smallest absolute Gasteiger partial charge is 0.254 e. The minimum atomic E-state index is -0.352. The van der Waals surface area contributed by atoms with Crippen LogP contribution in [0.15, 0.2) is 18.2 Å².